The van der Waals surface area contributed by atoms with Gasteiger partial charge in [-0.15, -0.1) is 0 Å². The van der Waals surface area contributed by atoms with Crippen LogP contribution in [-0.4, -0.2) is 13.0 Å². The molecule has 0 spiro atoms. The molecule has 2 aromatic carbocycles. The van der Waals surface area contributed by atoms with E-state index in [1.54, 1.807) is 12.1 Å². The van der Waals surface area contributed by atoms with Gasteiger partial charge in [0, 0.05) is 0 Å². The second-order valence-electron chi connectivity index (χ2n) is 4.69. The van der Waals surface area contributed by atoms with Gasteiger partial charge in [-0.05, 0) is 43.0 Å². The first kappa shape index (κ1) is 13.8. The SMILES string of the molecule is Cc1ccc(S(=O)(=O)O)c(Cc2ccccc2C)c1. The van der Waals surface area contributed by atoms with Crippen LogP contribution in [0.1, 0.15) is 22.3 Å². The fourth-order valence-corrected chi connectivity index (χ4v) is 2.81. The normalized spacial score (nSPS) is 11.5. The molecule has 0 atom stereocenters. The van der Waals surface area contributed by atoms with Crippen molar-refractivity contribution < 1.29 is 13.0 Å². The summed E-state index contributed by atoms with van der Waals surface area (Å²) in [5.41, 5.74) is 3.75. The largest absolute Gasteiger partial charge is 0.294 e. The molecule has 0 aromatic heterocycles. The van der Waals surface area contributed by atoms with Gasteiger partial charge in [0.05, 0.1) is 4.90 Å². The zero-order valence-electron chi connectivity index (χ0n) is 10.9. The zero-order valence-corrected chi connectivity index (χ0v) is 11.7. The maximum absolute atomic E-state index is 11.4. The van der Waals surface area contributed by atoms with Gasteiger partial charge in [-0.25, -0.2) is 0 Å². The van der Waals surface area contributed by atoms with E-state index in [1.165, 1.54) is 6.07 Å². The molecule has 0 fully saturated rings. The molecule has 2 aromatic rings. The van der Waals surface area contributed by atoms with Crippen molar-refractivity contribution in [1.82, 2.24) is 0 Å². The molecule has 0 aliphatic carbocycles. The molecule has 4 heteroatoms. The van der Waals surface area contributed by atoms with E-state index in [4.69, 9.17) is 0 Å². The summed E-state index contributed by atoms with van der Waals surface area (Å²) in [4.78, 5) is -0.0126. The third-order valence-electron chi connectivity index (χ3n) is 3.14. The van der Waals surface area contributed by atoms with Crippen molar-refractivity contribution in [2.45, 2.75) is 25.2 Å². The van der Waals surface area contributed by atoms with Crippen LogP contribution in [0.3, 0.4) is 0 Å². The average molecular weight is 276 g/mol. The van der Waals surface area contributed by atoms with Crippen LogP contribution < -0.4 is 0 Å². The minimum atomic E-state index is -4.18. The second-order valence-corrected chi connectivity index (χ2v) is 6.08. The molecule has 0 aliphatic heterocycles. The summed E-state index contributed by atoms with van der Waals surface area (Å²) in [5, 5.41) is 0. The van der Waals surface area contributed by atoms with E-state index >= 15 is 0 Å². The third kappa shape index (κ3) is 3.22. The first-order chi connectivity index (χ1) is 8.88. The Labute approximate surface area is 113 Å². The molecule has 0 heterocycles. The Morgan fingerprint density at radius 3 is 2.32 bits per heavy atom. The van der Waals surface area contributed by atoms with Crippen molar-refractivity contribution in [3.8, 4) is 0 Å². The molecule has 2 rings (SSSR count). The number of benzene rings is 2. The molecule has 100 valence electrons. The van der Waals surface area contributed by atoms with Crippen LogP contribution in [0.15, 0.2) is 47.4 Å². The maximum atomic E-state index is 11.4. The minimum absolute atomic E-state index is 0.0126. The van der Waals surface area contributed by atoms with Gasteiger partial charge in [0.15, 0.2) is 0 Å². The van der Waals surface area contributed by atoms with Gasteiger partial charge < -0.3 is 0 Å². The Hall–Kier alpha value is -1.65. The zero-order chi connectivity index (χ0) is 14.0. The maximum Gasteiger partial charge on any atom is 0.294 e. The fourth-order valence-electron chi connectivity index (χ4n) is 2.11. The summed E-state index contributed by atoms with van der Waals surface area (Å²) < 4.78 is 32.1. The van der Waals surface area contributed by atoms with Crippen molar-refractivity contribution in [3.63, 3.8) is 0 Å². The molecule has 0 radical (unpaired) electrons. The van der Waals surface area contributed by atoms with Gasteiger partial charge in [-0.1, -0.05) is 42.0 Å². The first-order valence-electron chi connectivity index (χ1n) is 5.99. The summed E-state index contributed by atoms with van der Waals surface area (Å²) in [6, 6.07) is 12.8. The van der Waals surface area contributed by atoms with Crippen LogP contribution in [0.4, 0.5) is 0 Å². The molecule has 19 heavy (non-hydrogen) atoms. The lowest BCUT2D eigenvalue weighted by molar-refractivity contribution is 0.482. The van der Waals surface area contributed by atoms with Crippen LogP contribution in [0, 0.1) is 13.8 Å². The monoisotopic (exact) mass is 276 g/mol. The van der Waals surface area contributed by atoms with Crippen LogP contribution in [0.5, 0.6) is 0 Å². The Kier molecular flexibility index (Phi) is 3.73. The first-order valence-corrected chi connectivity index (χ1v) is 7.43. The number of aryl methyl sites for hydroxylation is 2. The number of hydrogen-bond donors (Lipinski definition) is 1. The standard InChI is InChI=1S/C15H16O3S/c1-11-7-8-15(19(16,17)18)14(9-11)10-13-6-4-3-5-12(13)2/h3-9H,10H2,1-2H3,(H,16,17,18). The Morgan fingerprint density at radius 1 is 1.00 bits per heavy atom. The molecule has 0 saturated heterocycles. The minimum Gasteiger partial charge on any atom is -0.282 e. The van der Waals surface area contributed by atoms with E-state index in [2.05, 4.69) is 0 Å². The molecule has 1 N–H and O–H groups in total. The van der Waals surface area contributed by atoms with Crippen LogP contribution in [0.25, 0.3) is 0 Å². The summed E-state index contributed by atoms with van der Waals surface area (Å²) >= 11 is 0. The fraction of sp³-hybridized carbons (Fsp3) is 0.200. The van der Waals surface area contributed by atoms with Gasteiger partial charge in [0.25, 0.3) is 10.1 Å². The highest BCUT2D eigenvalue weighted by Gasteiger charge is 2.15. The second kappa shape index (κ2) is 5.15. The van der Waals surface area contributed by atoms with Gasteiger partial charge in [0.1, 0.15) is 0 Å². The van der Waals surface area contributed by atoms with Crippen LogP contribution in [0.2, 0.25) is 0 Å². The van der Waals surface area contributed by atoms with Crippen molar-refractivity contribution in [2.75, 3.05) is 0 Å². The topological polar surface area (TPSA) is 54.4 Å². The van der Waals surface area contributed by atoms with Gasteiger partial charge >= 0.3 is 0 Å². The van der Waals surface area contributed by atoms with Gasteiger partial charge in [0.2, 0.25) is 0 Å². The summed E-state index contributed by atoms with van der Waals surface area (Å²) in [6.45, 7) is 3.88. The molecule has 0 bridgehead atoms. The van der Waals surface area contributed by atoms with E-state index < -0.39 is 10.1 Å². The molecule has 0 aliphatic rings. The highest BCUT2D eigenvalue weighted by atomic mass is 32.2. The smallest absolute Gasteiger partial charge is 0.282 e. The van der Waals surface area contributed by atoms with Gasteiger partial charge in [-0.3, -0.25) is 4.55 Å². The highest BCUT2D eigenvalue weighted by Crippen LogP contribution is 2.22. The Balaban J connectivity index is 2.51. The summed E-state index contributed by atoms with van der Waals surface area (Å²) in [7, 11) is -4.18. The molecule has 0 saturated carbocycles. The number of rotatable bonds is 3. The summed E-state index contributed by atoms with van der Waals surface area (Å²) in [5.74, 6) is 0. The van der Waals surface area contributed by atoms with Crippen molar-refractivity contribution in [2.24, 2.45) is 0 Å². The third-order valence-corrected chi connectivity index (χ3v) is 4.09. The Morgan fingerprint density at radius 2 is 1.68 bits per heavy atom. The van der Waals surface area contributed by atoms with E-state index in [-0.39, 0.29) is 4.90 Å². The quantitative estimate of drug-likeness (QED) is 0.876. The molecular formula is C15H16O3S. The lowest BCUT2D eigenvalue weighted by Crippen LogP contribution is -2.04. The molecule has 0 amide bonds. The number of hydrogen-bond acceptors (Lipinski definition) is 2. The average Bonchev–Trinajstić information content (AvgIpc) is 2.30. The summed E-state index contributed by atoms with van der Waals surface area (Å²) in [6.07, 6.45) is 0.490. The van der Waals surface area contributed by atoms with Crippen LogP contribution >= 0.6 is 0 Å². The predicted octanol–water partition coefficient (Wildman–Crippen LogP) is 3.14. The predicted molar refractivity (Wildman–Crippen MR) is 75.0 cm³/mol. The molecule has 0 unspecified atom stereocenters. The van der Waals surface area contributed by atoms with Crippen LogP contribution in [-0.2, 0) is 16.5 Å². The van der Waals surface area contributed by atoms with Crippen molar-refractivity contribution >= 4 is 10.1 Å². The molecular weight excluding hydrogens is 260 g/mol. The van der Waals surface area contributed by atoms with E-state index in [0.717, 1.165) is 16.7 Å². The Bertz CT molecular complexity index is 703. The highest BCUT2D eigenvalue weighted by molar-refractivity contribution is 7.85. The van der Waals surface area contributed by atoms with E-state index in [0.29, 0.717) is 12.0 Å². The van der Waals surface area contributed by atoms with E-state index in [1.807, 2.05) is 38.1 Å². The van der Waals surface area contributed by atoms with Crippen molar-refractivity contribution in [1.29, 1.82) is 0 Å². The lowest BCUT2D eigenvalue weighted by Gasteiger charge is -2.10. The van der Waals surface area contributed by atoms with E-state index in [9.17, 15) is 13.0 Å². The molecule has 3 nitrogen and oxygen atoms in total. The van der Waals surface area contributed by atoms with Crippen molar-refractivity contribution in [3.05, 3.63) is 64.7 Å². The lowest BCUT2D eigenvalue weighted by atomic mass is 9.99. The van der Waals surface area contributed by atoms with Gasteiger partial charge in [-0.2, -0.15) is 8.42 Å².